The molecule has 2 heterocycles. The van der Waals surface area contributed by atoms with E-state index in [-0.39, 0.29) is 28.4 Å². The van der Waals surface area contributed by atoms with Crippen LogP contribution in [0.3, 0.4) is 0 Å². The molecule has 2 rings (SSSR count). The first-order valence-electron chi connectivity index (χ1n) is 9.84. The summed E-state index contributed by atoms with van der Waals surface area (Å²) in [7, 11) is 1.74. The fourth-order valence-electron chi connectivity index (χ4n) is 3.32. The van der Waals surface area contributed by atoms with Crippen LogP contribution in [-0.2, 0) is 4.74 Å². The number of methoxy groups -OCH3 is 1. The van der Waals surface area contributed by atoms with E-state index >= 15 is 0 Å². The summed E-state index contributed by atoms with van der Waals surface area (Å²) in [5.74, 6) is -0.185. The van der Waals surface area contributed by atoms with Crippen LogP contribution in [0, 0.1) is 11.3 Å². The van der Waals surface area contributed by atoms with Crippen molar-refractivity contribution in [3.8, 4) is 0 Å². The second-order valence-corrected chi connectivity index (χ2v) is 7.52. The summed E-state index contributed by atoms with van der Waals surface area (Å²) in [5.41, 5.74) is 11.0. The number of nitrogen functional groups attached to an aromatic ring is 2. The molecule has 29 heavy (non-hydrogen) atoms. The minimum atomic E-state index is -0.658. The maximum absolute atomic E-state index is 12.1. The zero-order valence-corrected chi connectivity index (χ0v) is 17.6. The van der Waals surface area contributed by atoms with Gasteiger partial charge in [0, 0.05) is 20.2 Å². The highest BCUT2D eigenvalue weighted by Crippen LogP contribution is 2.22. The Labute approximate surface area is 176 Å². The van der Waals surface area contributed by atoms with Gasteiger partial charge < -0.3 is 26.4 Å². The number of hydrogen-bond donors (Lipinski definition) is 5. The summed E-state index contributed by atoms with van der Waals surface area (Å²) >= 11 is 5.77. The third-order valence-corrected chi connectivity index (χ3v) is 5.30. The van der Waals surface area contributed by atoms with E-state index in [9.17, 15) is 4.79 Å². The summed E-state index contributed by atoms with van der Waals surface area (Å²) in [4.78, 5) is 22.2. The van der Waals surface area contributed by atoms with Crippen molar-refractivity contribution in [3.05, 3.63) is 10.8 Å². The first-order valence-corrected chi connectivity index (χ1v) is 10.2. The predicted molar refractivity (Wildman–Crippen MR) is 114 cm³/mol. The number of ether oxygens (including phenoxy) is 1. The van der Waals surface area contributed by atoms with E-state index in [1.54, 1.807) is 7.11 Å². The summed E-state index contributed by atoms with van der Waals surface area (Å²) in [6, 6.07) is 0. The molecule has 0 radical (unpaired) electrons. The molecule has 7 N–H and O–H groups in total. The summed E-state index contributed by atoms with van der Waals surface area (Å²) in [6.07, 6.45) is 5.67. The zero-order chi connectivity index (χ0) is 21.2. The molecule has 10 nitrogen and oxygen atoms in total. The molecule has 0 saturated carbocycles. The van der Waals surface area contributed by atoms with Crippen LogP contribution in [0.5, 0.6) is 0 Å². The summed E-state index contributed by atoms with van der Waals surface area (Å²) in [5, 5.41) is 13.0. The van der Waals surface area contributed by atoms with Gasteiger partial charge in [-0.15, -0.1) is 0 Å². The average Bonchev–Trinajstić information content (AvgIpc) is 2.69. The van der Waals surface area contributed by atoms with E-state index in [4.69, 9.17) is 33.2 Å². The molecule has 0 unspecified atom stereocenters. The van der Waals surface area contributed by atoms with Crippen LogP contribution in [0.1, 0.15) is 42.6 Å². The van der Waals surface area contributed by atoms with E-state index in [1.165, 1.54) is 19.3 Å². The van der Waals surface area contributed by atoms with Crippen molar-refractivity contribution >= 4 is 35.1 Å². The number of likely N-dealkylation sites (tertiary alicyclic amines) is 1. The molecular formula is C18H31ClN8O2. The number of unbranched alkanes of at least 4 members (excludes halogenated alkanes) is 1. The molecule has 1 aromatic heterocycles. The van der Waals surface area contributed by atoms with Crippen LogP contribution in [0.25, 0.3) is 0 Å². The Morgan fingerprint density at radius 3 is 2.69 bits per heavy atom. The van der Waals surface area contributed by atoms with Crippen LogP contribution >= 0.6 is 11.6 Å². The van der Waals surface area contributed by atoms with Crippen molar-refractivity contribution in [2.45, 2.75) is 32.1 Å². The molecule has 1 amide bonds. The van der Waals surface area contributed by atoms with Crippen molar-refractivity contribution in [1.29, 1.82) is 5.41 Å². The summed E-state index contributed by atoms with van der Waals surface area (Å²) in [6.45, 7) is 4.70. The Hall–Kier alpha value is -2.17. The fraction of sp³-hybridized carbons (Fsp3) is 0.667. The van der Waals surface area contributed by atoms with Gasteiger partial charge in [-0.3, -0.25) is 15.5 Å². The Balaban J connectivity index is 1.59. The van der Waals surface area contributed by atoms with Gasteiger partial charge in [0.05, 0.1) is 6.61 Å². The normalized spacial score (nSPS) is 15.2. The Morgan fingerprint density at radius 1 is 1.28 bits per heavy atom. The third-order valence-electron chi connectivity index (χ3n) is 5.02. The van der Waals surface area contributed by atoms with Crippen LogP contribution in [-0.4, -0.2) is 66.6 Å². The van der Waals surface area contributed by atoms with Crippen LogP contribution in [0.4, 0.5) is 11.6 Å². The Kier molecular flexibility index (Phi) is 9.36. The van der Waals surface area contributed by atoms with Gasteiger partial charge in [0.2, 0.25) is 0 Å². The Morgan fingerprint density at radius 2 is 2.00 bits per heavy atom. The number of amides is 1. The number of aromatic nitrogens is 2. The smallest absolute Gasteiger partial charge is 0.280 e. The second kappa shape index (κ2) is 11.7. The molecule has 1 aromatic rings. The van der Waals surface area contributed by atoms with Gasteiger partial charge in [-0.05, 0) is 38.3 Å². The third kappa shape index (κ3) is 7.64. The van der Waals surface area contributed by atoms with Gasteiger partial charge in [0.25, 0.3) is 5.91 Å². The van der Waals surface area contributed by atoms with E-state index in [0.717, 1.165) is 45.0 Å². The lowest BCUT2D eigenvalue weighted by Crippen LogP contribution is -2.41. The topological polar surface area (TPSA) is 155 Å². The van der Waals surface area contributed by atoms with Crippen molar-refractivity contribution in [2.75, 3.05) is 51.4 Å². The minimum Gasteiger partial charge on any atom is -0.383 e. The van der Waals surface area contributed by atoms with Crippen molar-refractivity contribution < 1.29 is 9.53 Å². The molecule has 0 aromatic carbocycles. The van der Waals surface area contributed by atoms with Gasteiger partial charge in [0.15, 0.2) is 28.4 Å². The Bertz CT molecular complexity index is 695. The van der Waals surface area contributed by atoms with Crippen molar-refractivity contribution in [2.24, 2.45) is 5.92 Å². The highest BCUT2D eigenvalue weighted by Gasteiger charge is 2.19. The van der Waals surface area contributed by atoms with Gasteiger partial charge >= 0.3 is 0 Å². The summed E-state index contributed by atoms with van der Waals surface area (Å²) < 4.78 is 5.13. The number of nitrogens with two attached hydrogens (primary N) is 2. The molecule has 0 bridgehead atoms. The first kappa shape index (κ1) is 23.1. The number of hydrogen-bond acceptors (Lipinski definition) is 8. The number of nitrogens with one attached hydrogen (secondary N) is 3. The van der Waals surface area contributed by atoms with Crippen molar-refractivity contribution in [3.63, 3.8) is 0 Å². The SMILES string of the molecule is COCCN1CCC(CCCCNC(=N)NC(=O)c2nc(Cl)c(N)nc2N)CC1. The number of anilines is 2. The second-order valence-electron chi connectivity index (χ2n) is 7.16. The average molecular weight is 427 g/mol. The van der Waals surface area contributed by atoms with E-state index in [0.29, 0.717) is 6.54 Å². The predicted octanol–water partition coefficient (Wildman–Crippen LogP) is 1.08. The largest absolute Gasteiger partial charge is 0.383 e. The zero-order valence-electron chi connectivity index (χ0n) is 16.8. The van der Waals surface area contributed by atoms with E-state index < -0.39 is 5.91 Å². The molecule has 1 fully saturated rings. The highest BCUT2D eigenvalue weighted by atomic mass is 35.5. The van der Waals surface area contributed by atoms with Crippen molar-refractivity contribution in [1.82, 2.24) is 25.5 Å². The fourth-order valence-corrected chi connectivity index (χ4v) is 3.44. The number of rotatable bonds is 9. The molecular weight excluding hydrogens is 396 g/mol. The van der Waals surface area contributed by atoms with Gasteiger partial charge in [-0.25, -0.2) is 9.97 Å². The number of carbonyl (C=O) groups is 1. The maximum Gasteiger partial charge on any atom is 0.280 e. The lowest BCUT2D eigenvalue weighted by atomic mass is 9.91. The molecule has 0 aliphatic carbocycles. The molecule has 1 aliphatic heterocycles. The number of carbonyl (C=O) groups excluding carboxylic acids is 1. The number of nitrogens with zero attached hydrogens (tertiary/aromatic N) is 3. The molecule has 0 atom stereocenters. The van der Waals surface area contributed by atoms with Gasteiger partial charge in [0.1, 0.15) is 0 Å². The number of piperidine rings is 1. The minimum absolute atomic E-state index is 0.0467. The van der Waals surface area contributed by atoms with Gasteiger partial charge in [-0.2, -0.15) is 0 Å². The molecule has 1 aliphatic rings. The lowest BCUT2D eigenvalue weighted by molar-refractivity contribution is 0.0971. The molecule has 162 valence electrons. The monoisotopic (exact) mass is 426 g/mol. The molecule has 1 saturated heterocycles. The number of halogens is 1. The van der Waals surface area contributed by atoms with E-state index in [2.05, 4.69) is 25.5 Å². The van der Waals surface area contributed by atoms with E-state index in [1.807, 2.05) is 0 Å². The molecule has 0 spiro atoms. The van der Waals surface area contributed by atoms with Crippen LogP contribution in [0.2, 0.25) is 5.15 Å². The van der Waals surface area contributed by atoms with Crippen LogP contribution in [0.15, 0.2) is 0 Å². The van der Waals surface area contributed by atoms with Gasteiger partial charge in [-0.1, -0.05) is 24.4 Å². The number of guanidine groups is 1. The standard InChI is InChI=1S/C18H31ClN8O2/c1-29-11-10-27-8-5-12(6-9-27)4-2-3-7-23-18(22)26-17(28)13-15(20)25-16(21)14(19)24-13/h12H,2-11H2,1H3,(H4,20,21,25)(H3,22,23,26,28). The van der Waals surface area contributed by atoms with Crippen LogP contribution < -0.4 is 22.1 Å². The first-order chi connectivity index (χ1) is 13.9. The molecule has 11 heteroatoms. The quantitative estimate of drug-likeness (QED) is 0.223. The maximum atomic E-state index is 12.1. The lowest BCUT2D eigenvalue weighted by Gasteiger charge is -2.31. The highest BCUT2D eigenvalue weighted by molar-refractivity contribution is 6.31.